The van der Waals surface area contributed by atoms with Crippen LogP contribution in [0.15, 0.2) is 42.5 Å². The molecule has 0 aliphatic rings. The van der Waals surface area contributed by atoms with Gasteiger partial charge in [0.2, 0.25) is 0 Å². The summed E-state index contributed by atoms with van der Waals surface area (Å²) >= 11 is 0. The molecule has 3 N–H and O–H groups in total. The van der Waals surface area contributed by atoms with Gasteiger partial charge in [0.25, 0.3) is 0 Å². The minimum absolute atomic E-state index is 0.597. The highest BCUT2D eigenvalue weighted by Crippen LogP contribution is 2.24. The second-order valence-electron chi connectivity index (χ2n) is 4.49. The molecule has 2 rings (SSSR count). The molecule has 0 aromatic heterocycles. The molecule has 96 valence electrons. The van der Waals surface area contributed by atoms with Crippen molar-refractivity contribution in [1.82, 2.24) is 0 Å². The summed E-state index contributed by atoms with van der Waals surface area (Å²) in [5.41, 5.74) is 10.2. The lowest BCUT2D eigenvalue weighted by Gasteiger charge is -2.10. The summed E-state index contributed by atoms with van der Waals surface area (Å²) in [6, 6.07) is 15.6. The number of nitriles is 1. The molecule has 0 bridgehead atoms. The Balaban J connectivity index is 2.19. The van der Waals surface area contributed by atoms with Crippen molar-refractivity contribution in [2.75, 3.05) is 11.1 Å². The second kappa shape index (κ2) is 5.92. The molecule has 0 saturated heterocycles. The van der Waals surface area contributed by atoms with Gasteiger partial charge in [0.1, 0.15) is 0 Å². The van der Waals surface area contributed by atoms with Crippen LogP contribution in [0.1, 0.15) is 24.5 Å². The molecule has 0 aliphatic carbocycles. The van der Waals surface area contributed by atoms with E-state index in [2.05, 4.69) is 30.4 Å². The van der Waals surface area contributed by atoms with Gasteiger partial charge in [0.05, 0.1) is 23.0 Å². The highest BCUT2D eigenvalue weighted by Gasteiger charge is 2.02. The monoisotopic (exact) mass is 251 g/mol. The third-order valence-corrected chi connectivity index (χ3v) is 2.95. The molecule has 0 saturated carbocycles. The quantitative estimate of drug-likeness (QED) is 0.812. The van der Waals surface area contributed by atoms with E-state index in [1.807, 2.05) is 12.1 Å². The number of hydrogen-bond donors (Lipinski definition) is 2. The Morgan fingerprint density at radius 2 is 1.89 bits per heavy atom. The Bertz CT molecular complexity index is 594. The van der Waals surface area contributed by atoms with Crippen LogP contribution in [0.25, 0.3) is 0 Å². The van der Waals surface area contributed by atoms with Crippen LogP contribution in [0.4, 0.5) is 17.1 Å². The minimum atomic E-state index is 0.597. The molecular formula is C16H17N3. The third-order valence-electron chi connectivity index (χ3n) is 2.95. The van der Waals surface area contributed by atoms with Crippen molar-refractivity contribution in [3.8, 4) is 6.07 Å². The van der Waals surface area contributed by atoms with Crippen LogP contribution in [0.5, 0.6) is 0 Å². The molecule has 0 spiro atoms. The van der Waals surface area contributed by atoms with Crippen LogP contribution in [-0.2, 0) is 6.42 Å². The van der Waals surface area contributed by atoms with E-state index in [9.17, 15) is 0 Å². The fourth-order valence-electron chi connectivity index (χ4n) is 1.93. The zero-order chi connectivity index (χ0) is 13.7. The van der Waals surface area contributed by atoms with Gasteiger partial charge >= 0.3 is 0 Å². The van der Waals surface area contributed by atoms with Gasteiger partial charge in [-0.25, -0.2) is 0 Å². The Hall–Kier alpha value is -2.47. The molecule has 3 heteroatoms. The number of rotatable bonds is 4. The summed E-state index contributed by atoms with van der Waals surface area (Å²) in [7, 11) is 0. The molecule has 0 amide bonds. The average molecular weight is 251 g/mol. The lowest BCUT2D eigenvalue weighted by Crippen LogP contribution is -1.97. The summed E-state index contributed by atoms with van der Waals surface area (Å²) in [6.45, 7) is 2.17. The summed E-state index contributed by atoms with van der Waals surface area (Å²) in [5.74, 6) is 0. The largest absolute Gasteiger partial charge is 0.397 e. The van der Waals surface area contributed by atoms with Crippen molar-refractivity contribution < 1.29 is 0 Å². The van der Waals surface area contributed by atoms with E-state index in [1.165, 1.54) is 5.56 Å². The van der Waals surface area contributed by atoms with E-state index in [0.29, 0.717) is 11.3 Å². The van der Waals surface area contributed by atoms with Crippen LogP contribution in [0.2, 0.25) is 0 Å². The number of benzene rings is 2. The molecule has 0 fully saturated rings. The third kappa shape index (κ3) is 3.26. The van der Waals surface area contributed by atoms with Gasteiger partial charge in [-0.2, -0.15) is 5.26 Å². The summed E-state index contributed by atoms with van der Waals surface area (Å²) in [5, 5.41) is 12.1. The van der Waals surface area contributed by atoms with Gasteiger partial charge in [0.15, 0.2) is 0 Å². The predicted octanol–water partition coefficient (Wildman–Crippen LogP) is 3.84. The highest BCUT2D eigenvalue weighted by molar-refractivity contribution is 5.74. The SMILES string of the molecule is CCCc1ccc(Nc2cc(C#N)ccc2N)cc1. The van der Waals surface area contributed by atoms with Crippen molar-refractivity contribution in [3.63, 3.8) is 0 Å². The zero-order valence-electron chi connectivity index (χ0n) is 11.0. The first-order valence-corrected chi connectivity index (χ1v) is 6.38. The first kappa shape index (κ1) is 13.0. The average Bonchev–Trinajstić information content (AvgIpc) is 2.44. The molecule has 0 heterocycles. The van der Waals surface area contributed by atoms with E-state index < -0.39 is 0 Å². The second-order valence-corrected chi connectivity index (χ2v) is 4.49. The molecule has 0 aliphatic heterocycles. The first-order valence-electron chi connectivity index (χ1n) is 6.38. The van der Waals surface area contributed by atoms with Crippen LogP contribution >= 0.6 is 0 Å². The molecule has 3 nitrogen and oxygen atoms in total. The zero-order valence-corrected chi connectivity index (χ0v) is 11.0. The van der Waals surface area contributed by atoms with E-state index in [0.717, 1.165) is 24.2 Å². The number of anilines is 3. The van der Waals surface area contributed by atoms with Gasteiger partial charge in [-0.1, -0.05) is 25.5 Å². The maximum absolute atomic E-state index is 8.90. The van der Waals surface area contributed by atoms with Gasteiger partial charge in [-0.15, -0.1) is 0 Å². The molecule has 0 atom stereocenters. The smallest absolute Gasteiger partial charge is 0.0992 e. The first-order chi connectivity index (χ1) is 9.22. The Labute approximate surface area is 113 Å². The number of nitrogens with one attached hydrogen (secondary N) is 1. The lowest BCUT2D eigenvalue weighted by atomic mass is 10.1. The van der Waals surface area contributed by atoms with Crippen molar-refractivity contribution in [2.45, 2.75) is 19.8 Å². The topological polar surface area (TPSA) is 61.8 Å². The molecular weight excluding hydrogens is 234 g/mol. The van der Waals surface area contributed by atoms with Crippen LogP contribution in [0, 0.1) is 11.3 Å². The summed E-state index contributed by atoms with van der Waals surface area (Å²) in [4.78, 5) is 0. The summed E-state index contributed by atoms with van der Waals surface area (Å²) < 4.78 is 0. The number of nitrogens with zero attached hydrogens (tertiary/aromatic N) is 1. The van der Waals surface area contributed by atoms with Crippen molar-refractivity contribution in [1.29, 1.82) is 5.26 Å². The molecule has 2 aromatic rings. The van der Waals surface area contributed by atoms with Crippen LogP contribution in [-0.4, -0.2) is 0 Å². The lowest BCUT2D eigenvalue weighted by molar-refractivity contribution is 0.922. The highest BCUT2D eigenvalue weighted by atomic mass is 14.9. The normalized spacial score (nSPS) is 9.89. The Morgan fingerprint density at radius 1 is 1.16 bits per heavy atom. The molecule has 0 unspecified atom stereocenters. The maximum Gasteiger partial charge on any atom is 0.0992 e. The number of nitrogen functional groups attached to an aromatic ring is 1. The van der Waals surface area contributed by atoms with E-state index in [1.54, 1.807) is 18.2 Å². The maximum atomic E-state index is 8.90. The standard InChI is InChI=1S/C16H17N3/c1-2-3-12-4-7-14(8-5-12)19-16-10-13(11-17)6-9-15(16)18/h4-10,19H,2-3,18H2,1H3. The Morgan fingerprint density at radius 3 is 2.53 bits per heavy atom. The van der Waals surface area contributed by atoms with Gasteiger partial charge < -0.3 is 11.1 Å². The fraction of sp³-hybridized carbons (Fsp3) is 0.188. The summed E-state index contributed by atoms with van der Waals surface area (Å²) in [6.07, 6.45) is 2.23. The van der Waals surface area contributed by atoms with Crippen molar-refractivity contribution in [3.05, 3.63) is 53.6 Å². The number of aryl methyl sites for hydroxylation is 1. The van der Waals surface area contributed by atoms with Crippen LogP contribution in [0.3, 0.4) is 0 Å². The minimum Gasteiger partial charge on any atom is -0.397 e. The van der Waals surface area contributed by atoms with Gasteiger partial charge in [-0.05, 0) is 42.3 Å². The number of nitrogens with two attached hydrogens (primary N) is 1. The van der Waals surface area contributed by atoms with Crippen LogP contribution < -0.4 is 11.1 Å². The van der Waals surface area contributed by atoms with E-state index in [4.69, 9.17) is 11.0 Å². The molecule has 0 radical (unpaired) electrons. The fourth-order valence-corrected chi connectivity index (χ4v) is 1.93. The van der Waals surface area contributed by atoms with Crippen molar-refractivity contribution >= 4 is 17.1 Å². The van der Waals surface area contributed by atoms with Gasteiger partial charge in [-0.3, -0.25) is 0 Å². The Kier molecular flexibility index (Phi) is 4.04. The molecule has 2 aromatic carbocycles. The number of hydrogen-bond acceptors (Lipinski definition) is 3. The van der Waals surface area contributed by atoms with Gasteiger partial charge in [0, 0.05) is 5.69 Å². The van der Waals surface area contributed by atoms with E-state index >= 15 is 0 Å². The molecule has 19 heavy (non-hydrogen) atoms. The van der Waals surface area contributed by atoms with E-state index in [-0.39, 0.29) is 0 Å². The van der Waals surface area contributed by atoms with Crippen molar-refractivity contribution in [2.24, 2.45) is 0 Å². The predicted molar refractivity (Wildman–Crippen MR) is 79.3 cm³/mol.